The summed E-state index contributed by atoms with van der Waals surface area (Å²) in [6.45, 7) is 1.94. The third kappa shape index (κ3) is 2.26. The largest absolute Gasteiger partial charge is 0.328 e. The Balaban J connectivity index is 2.53. The number of aromatic nitrogens is 1. The van der Waals surface area contributed by atoms with E-state index in [-0.39, 0.29) is 5.56 Å². The highest BCUT2D eigenvalue weighted by atomic mass is 16.1. The predicted molar refractivity (Wildman–Crippen MR) is 66.6 cm³/mol. The van der Waals surface area contributed by atoms with Gasteiger partial charge in [-0.05, 0) is 35.7 Å². The third-order valence-electron chi connectivity index (χ3n) is 2.69. The molecule has 0 aliphatic heterocycles. The second-order valence-electron chi connectivity index (χ2n) is 3.79. The number of nitrogens with zero attached hydrogens (tertiary/aromatic N) is 1. The summed E-state index contributed by atoms with van der Waals surface area (Å²) >= 11 is 0. The van der Waals surface area contributed by atoms with Gasteiger partial charge in [-0.3, -0.25) is 4.79 Å². The number of nitriles is 1. The Morgan fingerprint density at radius 3 is 2.82 bits per heavy atom. The molecule has 17 heavy (non-hydrogen) atoms. The van der Waals surface area contributed by atoms with Crippen LogP contribution >= 0.6 is 0 Å². The summed E-state index contributed by atoms with van der Waals surface area (Å²) in [5, 5.41) is 8.85. The van der Waals surface area contributed by atoms with Crippen LogP contribution in [0.5, 0.6) is 0 Å². The van der Waals surface area contributed by atoms with Crippen LogP contribution in [0.25, 0.3) is 11.1 Å². The van der Waals surface area contributed by atoms with Gasteiger partial charge < -0.3 is 4.98 Å². The van der Waals surface area contributed by atoms with Gasteiger partial charge in [0.05, 0.1) is 11.6 Å². The molecule has 1 aromatic carbocycles. The van der Waals surface area contributed by atoms with Crippen LogP contribution in [-0.4, -0.2) is 4.98 Å². The predicted octanol–water partition coefficient (Wildman–Crippen LogP) is 2.48. The lowest BCUT2D eigenvalue weighted by atomic mass is 10.0. The number of pyridine rings is 1. The number of hydrogen-bond acceptors (Lipinski definition) is 2. The Hall–Kier alpha value is -2.34. The molecular weight excluding hydrogens is 212 g/mol. The van der Waals surface area contributed by atoms with Crippen LogP contribution in [0.1, 0.15) is 18.1 Å². The summed E-state index contributed by atoms with van der Waals surface area (Å²) in [5.41, 5.74) is 3.19. The average Bonchev–Trinajstić information content (AvgIpc) is 2.39. The van der Waals surface area contributed by atoms with E-state index in [0.717, 1.165) is 16.7 Å². The van der Waals surface area contributed by atoms with Crippen molar-refractivity contribution in [2.45, 2.75) is 13.3 Å². The van der Waals surface area contributed by atoms with Gasteiger partial charge in [-0.25, -0.2) is 0 Å². The van der Waals surface area contributed by atoms with E-state index in [1.54, 1.807) is 12.3 Å². The van der Waals surface area contributed by atoms with Crippen LogP contribution in [-0.2, 0) is 6.42 Å². The molecule has 0 fully saturated rings. The van der Waals surface area contributed by atoms with Crippen molar-refractivity contribution >= 4 is 0 Å². The van der Waals surface area contributed by atoms with E-state index in [1.165, 1.54) is 0 Å². The molecule has 1 N–H and O–H groups in total. The number of rotatable bonds is 2. The molecule has 0 bridgehead atoms. The maximum Gasteiger partial charge on any atom is 0.251 e. The van der Waals surface area contributed by atoms with Crippen molar-refractivity contribution < 1.29 is 0 Å². The quantitative estimate of drug-likeness (QED) is 0.851. The summed E-state index contributed by atoms with van der Waals surface area (Å²) in [5.74, 6) is 0. The number of aromatic amines is 1. The van der Waals surface area contributed by atoms with E-state index in [4.69, 9.17) is 5.26 Å². The molecule has 3 heteroatoms. The number of H-pyrrole nitrogens is 1. The molecule has 2 aromatic rings. The van der Waals surface area contributed by atoms with Crippen molar-refractivity contribution in [3.8, 4) is 17.2 Å². The molecule has 1 heterocycles. The molecule has 0 aliphatic carbocycles. The molecular formula is C14H12N2O. The fourth-order valence-corrected chi connectivity index (χ4v) is 1.73. The monoisotopic (exact) mass is 224 g/mol. The Kier molecular flexibility index (Phi) is 3.06. The topological polar surface area (TPSA) is 56.6 Å². The summed E-state index contributed by atoms with van der Waals surface area (Å²) in [6.07, 6.45) is 2.37. The zero-order chi connectivity index (χ0) is 12.3. The van der Waals surface area contributed by atoms with E-state index >= 15 is 0 Å². The first kappa shape index (κ1) is 11.2. The van der Waals surface area contributed by atoms with E-state index in [9.17, 15) is 4.79 Å². The van der Waals surface area contributed by atoms with Gasteiger partial charge in [-0.1, -0.05) is 19.1 Å². The van der Waals surface area contributed by atoms with Crippen LogP contribution in [0.4, 0.5) is 0 Å². The normalized spacial score (nSPS) is 9.88. The van der Waals surface area contributed by atoms with Crippen LogP contribution in [0.2, 0.25) is 0 Å². The van der Waals surface area contributed by atoms with Crippen LogP contribution < -0.4 is 5.56 Å². The SMILES string of the molecule is CCc1cc(-c2cccc(C#N)c2)c[nH]c1=O. The van der Waals surface area contributed by atoms with Crippen LogP contribution in [0.3, 0.4) is 0 Å². The standard InChI is InChI=1S/C14H12N2O/c1-2-11-7-13(9-16-14(11)17)12-5-3-4-10(6-12)8-15/h3-7,9H,2H2,1H3,(H,16,17). The van der Waals surface area contributed by atoms with Gasteiger partial charge in [-0.2, -0.15) is 5.26 Å². The number of hydrogen-bond donors (Lipinski definition) is 1. The van der Waals surface area contributed by atoms with Gasteiger partial charge in [-0.15, -0.1) is 0 Å². The van der Waals surface area contributed by atoms with Gasteiger partial charge in [0.15, 0.2) is 0 Å². The summed E-state index contributed by atoms with van der Waals surface area (Å²) in [6, 6.07) is 11.3. The van der Waals surface area contributed by atoms with E-state index < -0.39 is 0 Å². The Labute approximate surface area is 99.4 Å². The third-order valence-corrected chi connectivity index (χ3v) is 2.69. The van der Waals surface area contributed by atoms with Crippen molar-refractivity contribution in [3.63, 3.8) is 0 Å². The maximum absolute atomic E-state index is 11.4. The minimum Gasteiger partial charge on any atom is -0.328 e. The van der Waals surface area contributed by atoms with Gasteiger partial charge >= 0.3 is 0 Å². The molecule has 0 saturated carbocycles. The first-order chi connectivity index (χ1) is 8.24. The van der Waals surface area contributed by atoms with Gasteiger partial charge in [0.25, 0.3) is 5.56 Å². The minimum atomic E-state index is -0.0484. The van der Waals surface area contributed by atoms with Crippen molar-refractivity contribution in [2.75, 3.05) is 0 Å². The molecule has 0 saturated heterocycles. The zero-order valence-electron chi connectivity index (χ0n) is 9.53. The molecule has 0 spiro atoms. The molecule has 0 atom stereocenters. The second-order valence-corrected chi connectivity index (χ2v) is 3.79. The molecule has 84 valence electrons. The minimum absolute atomic E-state index is 0.0484. The van der Waals surface area contributed by atoms with Gasteiger partial charge in [0, 0.05) is 11.8 Å². The molecule has 3 nitrogen and oxygen atoms in total. The smallest absolute Gasteiger partial charge is 0.251 e. The lowest BCUT2D eigenvalue weighted by Crippen LogP contribution is -2.10. The Morgan fingerprint density at radius 1 is 1.29 bits per heavy atom. The Morgan fingerprint density at radius 2 is 2.12 bits per heavy atom. The second kappa shape index (κ2) is 4.67. The van der Waals surface area contributed by atoms with Crippen molar-refractivity contribution in [3.05, 3.63) is 58.0 Å². The summed E-state index contributed by atoms with van der Waals surface area (Å²) in [7, 11) is 0. The average molecular weight is 224 g/mol. The lowest BCUT2D eigenvalue weighted by Gasteiger charge is -2.03. The number of aryl methyl sites for hydroxylation is 1. The van der Waals surface area contributed by atoms with E-state index in [1.807, 2.05) is 31.2 Å². The van der Waals surface area contributed by atoms with Crippen molar-refractivity contribution in [1.82, 2.24) is 4.98 Å². The molecule has 2 rings (SSSR count). The number of benzene rings is 1. The lowest BCUT2D eigenvalue weighted by molar-refractivity contribution is 1.06. The van der Waals surface area contributed by atoms with Gasteiger partial charge in [0.2, 0.25) is 0 Å². The molecule has 0 aliphatic rings. The first-order valence-electron chi connectivity index (χ1n) is 5.46. The van der Waals surface area contributed by atoms with Crippen molar-refractivity contribution in [1.29, 1.82) is 5.26 Å². The Bertz CT molecular complexity index is 635. The number of nitrogens with one attached hydrogen (secondary N) is 1. The summed E-state index contributed by atoms with van der Waals surface area (Å²) in [4.78, 5) is 14.2. The van der Waals surface area contributed by atoms with Crippen LogP contribution in [0.15, 0.2) is 41.3 Å². The summed E-state index contributed by atoms with van der Waals surface area (Å²) < 4.78 is 0. The maximum atomic E-state index is 11.4. The van der Waals surface area contributed by atoms with E-state index in [0.29, 0.717) is 12.0 Å². The first-order valence-corrected chi connectivity index (χ1v) is 5.46. The molecule has 0 amide bonds. The highest BCUT2D eigenvalue weighted by Crippen LogP contribution is 2.19. The molecule has 1 aromatic heterocycles. The fourth-order valence-electron chi connectivity index (χ4n) is 1.73. The van der Waals surface area contributed by atoms with Crippen molar-refractivity contribution in [2.24, 2.45) is 0 Å². The highest BCUT2D eigenvalue weighted by molar-refractivity contribution is 5.64. The highest BCUT2D eigenvalue weighted by Gasteiger charge is 2.02. The van der Waals surface area contributed by atoms with E-state index in [2.05, 4.69) is 11.1 Å². The fraction of sp³-hybridized carbons (Fsp3) is 0.143. The zero-order valence-corrected chi connectivity index (χ0v) is 9.53. The molecule has 0 radical (unpaired) electrons. The van der Waals surface area contributed by atoms with Crippen LogP contribution in [0, 0.1) is 11.3 Å². The molecule has 0 unspecified atom stereocenters. The van der Waals surface area contributed by atoms with Gasteiger partial charge in [0.1, 0.15) is 0 Å².